The van der Waals surface area contributed by atoms with Gasteiger partial charge in [-0.05, 0) is 67.3 Å². The second-order valence-electron chi connectivity index (χ2n) is 11.5. The molecular weight excluding hydrogens is 406 g/mol. The zero-order valence-electron chi connectivity index (χ0n) is 19.1. The molecule has 6 heteroatoms. The van der Waals surface area contributed by atoms with Gasteiger partial charge in [0.1, 0.15) is 5.71 Å². The zero-order chi connectivity index (χ0) is 22.7. The number of nitrogens with one attached hydrogen (secondary N) is 2. The summed E-state index contributed by atoms with van der Waals surface area (Å²) in [6.07, 6.45) is 3.91. The Hall–Kier alpha value is -2.05. The molecule has 3 aliphatic carbocycles. The first-order valence-electron chi connectivity index (χ1n) is 11.0. The van der Waals surface area contributed by atoms with Gasteiger partial charge in [-0.25, -0.2) is 0 Å². The van der Waals surface area contributed by atoms with Gasteiger partial charge in [-0.3, -0.25) is 10.2 Å². The molecular formula is C25H33N3O2S. The molecule has 0 spiro atoms. The van der Waals surface area contributed by atoms with E-state index in [2.05, 4.69) is 36.6 Å². The van der Waals surface area contributed by atoms with E-state index in [1.54, 1.807) is 0 Å². The van der Waals surface area contributed by atoms with Crippen LogP contribution in [0, 0.1) is 16.2 Å². The van der Waals surface area contributed by atoms with Crippen molar-refractivity contribution < 1.29 is 9.90 Å². The van der Waals surface area contributed by atoms with E-state index in [0.717, 1.165) is 30.5 Å². The number of anilines is 1. The fourth-order valence-corrected chi connectivity index (χ4v) is 6.79. The Morgan fingerprint density at radius 1 is 1.03 bits per heavy atom. The van der Waals surface area contributed by atoms with Crippen LogP contribution in [0.15, 0.2) is 46.6 Å². The van der Waals surface area contributed by atoms with Crippen LogP contribution in [0.3, 0.4) is 0 Å². The number of rotatable bonds is 2. The van der Waals surface area contributed by atoms with Crippen LogP contribution >= 0.6 is 12.2 Å². The summed E-state index contributed by atoms with van der Waals surface area (Å²) in [6, 6.07) is 9.59. The Labute approximate surface area is 190 Å². The standard InChI is InChI=1S/C25H33N3O2S/c1-22(2)13-24(5)12-16-11-23(3,4)20(19(29)18(16)25(30,14-22)15-24)27-28-21(31)26-17-9-7-6-8-10-17/h6-10,30H,11-15H2,1-5H3,(H2,26,28,31)/b27-20-. The summed E-state index contributed by atoms with van der Waals surface area (Å²) in [7, 11) is 0. The van der Waals surface area contributed by atoms with E-state index in [9.17, 15) is 9.90 Å². The van der Waals surface area contributed by atoms with Crippen LogP contribution in [0.1, 0.15) is 66.7 Å². The van der Waals surface area contributed by atoms with Crippen molar-refractivity contribution in [2.45, 2.75) is 72.3 Å². The molecule has 31 heavy (non-hydrogen) atoms. The normalized spacial score (nSPS) is 32.5. The number of ketones is 1. The summed E-state index contributed by atoms with van der Waals surface area (Å²) in [5, 5.41) is 19.6. The summed E-state index contributed by atoms with van der Waals surface area (Å²) in [5.41, 5.74) is 4.36. The van der Waals surface area contributed by atoms with Gasteiger partial charge in [-0.1, -0.05) is 58.4 Å². The molecule has 3 aliphatic rings. The number of thiocarbonyl (C=S) groups is 1. The van der Waals surface area contributed by atoms with Crippen molar-refractivity contribution in [3.63, 3.8) is 0 Å². The van der Waals surface area contributed by atoms with Gasteiger partial charge in [0.15, 0.2) is 5.11 Å². The van der Waals surface area contributed by atoms with Crippen LogP contribution in [0.2, 0.25) is 0 Å². The molecule has 1 aromatic rings. The van der Waals surface area contributed by atoms with E-state index in [1.165, 1.54) is 0 Å². The second-order valence-corrected chi connectivity index (χ2v) is 11.9. The number of carbonyl (C=O) groups is 1. The molecule has 0 heterocycles. The van der Waals surface area contributed by atoms with E-state index in [1.807, 2.05) is 44.2 Å². The van der Waals surface area contributed by atoms with E-state index < -0.39 is 11.0 Å². The fourth-order valence-electron chi connectivity index (χ4n) is 6.63. The fraction of sp³-hybridized carbons (Fsp3) is 0.560. The maximum Gasteiger partial charge on any atom is 0.208 e. The van der Waals surface area contributed by atoms with Crippen LogP contribution in [0.4, 0.5) is 5.69 Å². The second kappa shape index (κ2) is 7.24. The SMILES string of the molecule is CC1(C)CC2(C)CC3=C(C(=O)/C(=N/NC(=S)Nc4ccccc4)C(C)(C)C3)C(O)(C1)C2. The van der Waals surface area contributed by atoms with Crippen molar-refractivity contribution in [2.24, 2.45) is 21.3 Å². The van der Waals surface area contributed by atoms with Crippen molar-refractivity contribution in [3.05, 3.63) is 41.5 Å². The van der Waals surface area contributed by atoms with Gasteiger partial charge in [-0.15, -0.1) is 0 Å². The van der Waals surface area contributed by atoms with Crippen LogP contribution < -0.4 is 10.7 Å². The van der Waals surface area contributed by atoms with Crippen molar-refractivity contribution >= 4 is 34.5 Å². The molecule has 2 atom stereocenters. The smallest absolute Gasteiger partial charge is 0.208 e. The molecule has 0 amide bonds. The number of para-hydroxylation sites is 1. The number of nitrogens with zero attached hydrogens (tertiary/aromatic N) is 1. The van der Waals surface area contributed by atoms with Crippen molar-refractivity contribution in [2.75, 3.05) is 5.32 Å². The van der Waals surface area contributed by atoms with E-state index in [-0.39, 0.29) is 16.6 Å². The van der Waals surface area contributed by atoms with Gasteiger partial charge in [0, 0.05) is 16.7 Å². The van der Waals surface area contributed by atoms with Crippen LogP contribution in [0.25, 0.3) is 0 Å². The molecule has 0 aromatic heterocycles. The molecule has 5 nitrogen and oxygen atoms in total. The lowest BCUT2D eigenvalue weighted by Gasteiger charge is -2.57. The third kappa shape index (κ3) is 4.20. The Balaban J connectivity index is 1.63. The minimum atomic E-state index is -1.08. The largest absolute Gasteiger partial charge is 0.385 e. The number of allylic oxidation sites excluding steroid dienone is 1. The zero-order valence-corrected chi connectivity index (χ0v) is 19.9. The molecule has 4 rings (SSSR count). The maximum absolute atomic E-state index is 13.7. The first-order valence-corrected chi connectivity index (χ1v) is 11.4. The Bertz CT molecular complexity index is 995. The summed E-state index contributed by atoms with van der Waals surface area (Å²) >= 11 is 5.37. The van der Waals surface area contributed by atoms with Crippen molar-refractivity contribution in [3.8, 4) is 0 Å². The molecule has 3 N–H and O–H groups in total. The topological polar surface area (TPSA) is 73.7 Å². The molecule has 0 radical (unpaired) electrons. The first kappa shape index (κ1) is 22.2. The van der Waals surface area contributed by atoms with Gasteiger partial charge in [-0.2, -0.15) is 5.10 Å². The number of Topliss-reactive ketones (excluding diaryl/α,β-unsaturated/α-hetero) is 1. The Morgan fingerprint density at radius 2 is 1.71 bits per heavy atom. The highest BCUT2D eigenvalue weighted by molar-refractivity contribution is 7.80. The third-order valence-electron chi connectivity index (χ3n) is 6.89. The minimum Gasteiger partial charge on any atom is -0.385 e. The highest BCUT2D eigenvalue weighted by atomic mass is 32.1. The van der Waals surface area contributed by atoms with Gasteiger partial charge in [0.2, 0.25) is 5.78 Å². The lowest BCUT2D eigenvalue weighted by molar-refractivity contribution is -0.119. The maximum atomic E-state index is 13.7. The summed E-state index contributed by atoms with van der Waals surface area (Å²) in [4.78, 5) is 13.7. The predicted octanol–water partition coefficient (Wildman–Crippen LogP) is 4.98. The summed E-state index contributed by atoms with van der Waals surface area (Å²) in [5.74, 6) is -0.136. The van der Waals surface area contributed by atoms with Crippen molar-refractivity contribution in [1.82, 2.24) is 5.43 Å². The van der Waals surface area contributed by atoms with Crippen molar-refractivity contribution in [1.29, 1.82) is 0 Å². The molecule has 166 valence electrons. The highest BCUT2D eigenvalue weighted by Gasteiger charge is 2.58. The first-order chi connectivity index (χ1) is 14.3. The highest BCUT2D eigenvalue weighted by Crippen LogP contribution is 2.61. The summed E-state index contributed by atoms with van der Waals surface area (Å²) < 4.78 is 0. The molecule has 0 aliphatic heterocycles. The number of aliphatic hydroxyl groups is 1. The Morgan fingerprint density at radius 3 is 2.39 bits per heavy atom. The lowest BCUT2D eigenvalue weighted by atomic mass is 9.49. The number of fused-ring (bicyclic) bond motifs is 3. The molecule has 2 unspecified atom stereocenters. The van der Waals surface area contributed by atoms with E-state index >= 15 is 0 Å². The molecule has 1 aromatic carbocycles. The number of hydrazone groups is 1. The lowest BCUT2D eigenvalue weighted by Crippen LogP contribution is -2.56. The number of benzene rings is 1. The van der Waals surface area contributed by atoms with Gasteiger partial charge >= 0.3 is 0 Å². The predicted molar refractivity (Wildman–Crippen MR) is 129 cm³/mol. The van der Waals surface area contributed by atoms with Gasteiger partial charge < -0.3 is 10.4 Å². The quantitative estimate of drug-likeness (QED) is 0.448. The van der Waals surface area contributed by atoms with Crippen LogP contribution in [-0.4, -0.2) is 27.3 Å². The number of hydrogen-bond acceptors (Lipinski definition) is 4. The molecule has 2 bridgehead atoms. The third-order valence-corrected chi connectivity index (χ3v) is 7.09. The van der Waals surface area contributed by atoms with E-state index in [0.29, 0.717) is 29.2 Å². The monoisotopic (exact) mass is 439 g/mol. The average Bonchev–Trinajstić information content (AvgIpc) is 2.57. The number of hydrogen-bond donors (Lipinski definition) is 3. The summed E-state index contributed by atoms with van der Waals surface area (Å²) in [6.45, 7) is 10.7. The molecule has 1 fully saturated rings. The average molecular weight is 440 g/mol. The van der Waals surface area contributed by atoms with E-state index in [4.69, 9.17) is 12.2 Å². The van der Waals surface area contributed by atoms with Crippen LogP contribution in [-0.2, 0) is 4.79 Å². The minimum absolute atomic E-state index is 0.00967. The van der Waals surface area contributed by atoms with Gasteiger partial charge in [0.25, 0.3) is 0 Å². The number of carbonyl (C=O) groups excluding carboxylic acids is 1. The molecule has 1 saturated carbocycles. The van der Waals surface area contributed by atoms with Crippen LogP contribution in [0.5, 0.6) is 0 Å². The van der Waals surface area contributed by atoms with Gasteiger partial charge in [0.05, 0.1) is 5.60 Å². The molecule has 0 saturated heterocycles. The Kier molecular flexibility index (Phi) is 5.17.